The van der Waals surface area contributed by atoms with Gasteiger partial charge < -0.3 is 20.1 Å². The first-order chi connectivity index (χ1) is 13.3. The Morgan fingerprint density at radius 1 is 1.11 bits per heavy atom. The van der Waals surface area contributed by atoms with Crippen molar-refractivity contribution in [2.24, 2.45) is 5.92 Å². The maximum Gasteiger partial charge on any atom is 0.119 e. The van der Waals surface area contributed by atoms with E-state index in [1.165, 1.54) is 36.0 Å². The molecular formula is C23H31ClN2O2. The number of hydrogen-bond donors (Lipinski definition) is 2. The Bertz CT molecular complexity index is 732. The van der Waals surface area contributed by atoms with Crippen LogP contribution >= 0.6 is 12.4 Å². The molecule has 4 nitrogen and oxygen atoms in total. The summed E-state index contributed by atoms with van der Waals surface area (Å²) < 4.78 is 11.0. The van der Waals surface area contributed by atoms with Gasteiger partial charge >= 0.3 is 0 Å². The third-order valence-corrected chi connectivity index (χ3v) is 5.96. The first-order valence-electron chi connectivity index (χ1n) is 10.1. The molecular weight excluding hydrogens is 372 g/mol. The highest BCUT2D eigenvalue weighted by atomic mass is 35.5. The van der Waals surface area contributed by atoms with Crippen LogP contribution in [-0.2, 0) is 11.3 Å². The van der Waals surface area contributed by atoms with Crippen molar-refractivity contribution in [1.29, 1.82) is 0 Å². The summed E-state index contributed by atoms with van der Waals surface area (Å²) >= 11 is 0. The molecule has 28 heavy (non-hydrogen) atoms. The molecule has 1 aliphatic heterocycles. The van der Waals surface area contributed by atoms with Gasteiger partial charge in [-0.05, 0) is 47.6 Å². The standard InChI is InChI=1S/C23H30N2O2.ClH/c1-26-20-5-2-4-19(14-20)18-10-8-17(9-11-18)15-25-22-7-3-6-21(22)23-16-27-13-12-24-23;/h2,4-5,8-11,14,21-25H,3,6-7,12-13,15-16H2,1H3;1H. The van der Waals surface area contributed by atoms with E-state index in [1.807, 2.05) is 12.1 Å². The predicted octanol–water partition coefficient (Wildman–Crippen LogP) is 4.03. The molecule has 4 rings (SSSR count). The molecule has 5 heteroatoms. The third-order valence-electron chi connectivity index (χ3n) is 5.96. The molecule has 0 bridgehead atoms. The summed E-state index contributed by atoms with van der Waals surface area (Å²) in [4.78, 5) is 0. The van der Waals surface area contributed by atoms with E-state index in [0.29, 0.717) is 18.0 Å². The first-order valence-corrected chi connectivity index (χ1v) is 10.1. The molecule has 2 fully saturated rings. The summed E-state index contributed by atoms with van der Waals surface area (Å²) in [5.74, 6) is 1.58. The fourth-order valence-corrected chi connectivity index (χ4v) is 4.45. The van der Waals surface area contributed by atoms with Crippen LogP contribution in [-0.4, -0.2) is 39.0 Å². The average molecular weight is 403 g/mol. The lowest BCUT2D eigenvalue weighted by Crippen LogP contribution is -2.50. The second kappa shape index (κ2) is 10.3. The van der Waals surface area contributed by atoms with Gasteiger partial charge in [0.25, 0.3) is 0 Å². The number of methoxy groups -OCH3 is 1. The largest absolute Gasteiger partial charge is 0.497 e. The fourth-order valence-electron chi connectivity index (χ4n) is 4.45. The number of morpholine rings is 1. The highest BCUT2D eigenvalue weighted by Gasteiger charge is 2.34. The van der Waals surface area contributed by atoms with Crippen molar-refractivity contribution >= 4 is 12.4 Å². The number of hydrogen-bond acceptors (Lipinski definition) is 4. The lowest BCUT2D eigenvalue weighted by Gasteiger charge is -2.33. The van der Waals surface area contributed by atoms with E-state index in [-0.39, 0.29) is 12.4 Å². The van der Waals surface area contributed by atoms with E-state index in [2.05, 4.69) is 47.0 Å². The molecule has 152 valence electrons. The summed E-state index contributed by atoms with van der Waals surface area (Å²) in [6, 6.07) is 18.2. The Kier molecular flexibility index (Phi) is 7.74. The molecule has 0 amide bonds. The topological polar surface area (TPSA) is 42.5 Å². The number of rotatable bonds is 6. The molecule has 2 aromatic rings. The molecule has 2 N–H and O–H groups in total. The minimum Gasteiger partial charge on any atom is -0.497 e. The quantitative estimate of drug-likeness (QED) is 0.765. The van der Waals surface area contributed by atoms with Crippen LogP contribution < -0.4 is 15.4 Å². The normalized spacial score (nSPS) is 24.5. The molecule has 0 aromatic heterocycles. The Labute approximate surface area is 174 Å². The summed E-state index contributed by atoms with van der Waals surface area (Å²) in [5.41, 5.74) is 3.74. The maximum absolute atomic E-state index is 5.68. The summed E-state index contributed by atoms with van der Waals surface area (Å²) in [6.07, 6.45) is 3.88. The molecule has 1 heterocycles. The molecule has 2 aliphatic rings. The summed E-state index contributed by atoms with van der Waals surface area (Å²) in [6.45, 7) is 3.62. The van der Waals surface area contributed by atoms with Gasteiger partial charge in [-0.1, -0.05) is 42.8 Å². The number of benzene rings is 2. The van der Waals surface area contributed by atoms with Crippen LogP contribution in [0.2, 0.25) is 0 Å². The van der Waals surface area contributed by atoms with E-state index in [9.17, 15) is 0 Å². The van der Waals surface area contributed by atoms with Crippen molar-refractivity contribution in [3.05, 3.63) is 54.1 Å². The number of nitrogens with one attached hydrogen (secondary N) is 2. The highest BCUT2D eigenvalue weighted by Crippen LogP contribution is 2.30. The second-order valence-electron chi connectivity index (χ2n) is 7.65. The molecule has 0 radical (unpaired) electrons. The summed E-state index contributed by atoms with van der Waals surface area (Å²) in [7, 11) is 1.71. The summed E-state index contributed by atoms with van der Waals surface area (Å²) in [5, 5.41) is 7.46. The molecule has 3 atom stereocenters. The van der Waals surface area contributed by atoms with Gasteiger partial charge in [-0.15, -0.1) is 12.4 Å². The van der Waals surface area contributed by atoms with Crippen molar-refractivity contribution in [2.45, 2.75) is 37.9 Å². The average Bonchev–Trinajstić information content (AvgIpc) is 3.22. The number of ether oxygens (including phenoxy) is 2. The molecule has 2 aromatic carbocycles. The second-order valence-corrected chi connectivity index (χ2v) is 7.65. The minimum atomic E-state index is 0. The Hall–Kier alpha value is -1.59. The molecule has 1 aliphatic carbocycles. The van der Waals surface area contributed by atoms with Gasteiger partial charge in [-0.2, -0.15) is 0 Å². The Morgan fingerprint density at radius 2 is 1.96 bits per heavy atom. The van der Waals surface area contributed by atoms with Crippen LogP contribution in [0.25, 0.3) is 11.1 Å². The highest BCUT2D eigenvalue weighted by molar-refractivity contribution is 5.85. The zero-order valence-corrected chi connectivity index (χ0v) is 17.3. The smallest absolute Gasteiger partial charge is 0.119 e. The van der Waals surface area contributed by atoms with Crippen molar-refractivity contribution in [2.75, 3.05) is 26.9 Å². The van der Waals surface area contributed by atoms with Gasteiger partial charge in [0.2, 0.25) is 0 Å². The van der Waals surface area contributed by atoms with Gasteiger partial charge in [0.05, 0.1) is 20.3 Å². The Balaban J connectivity index is 0.00000225. The van der Waals surface area contributed by atoms with E-state index >= 15 is 0 Å². The lowest BCUT2D eigenvalue weighted by atomic mass is 9.94. The van der Waals surface area contributed by atoms with E-state index < -0.39 is 0 Å². The fraction of sp³-hybridized carbons (Fsp3) is 0.478. The zero-order valence-electron chi connectivity index (χ0n) is 16.5. The monoisotopic (exact) mass is 402 g/mol. The van der Waals surface area contributed by atoms with Crippen molar-refractivity contribution in [3.63, 3.8) is 0 Å². The number of halogens is 1. The van der Waals surface area contributed by atoms with Crippen molar-refractivity contribution in [1.82, 2.24) is 10.6 Å². The molecule has 1 saturated heterocycles. The van der Waals surface area contributed by atoms with Gasteiger partial charge in [0.15, 0.2) is 0 Å². The van der Waals surface area contributed by atoms with Crippen molar-refractivity contribution < 1.29 is 9.47 Å². The van der Waals surface area contributed by atoms with Crippen LogP contribution in [0.4, 0.5) is 0 Å². The SMILES string of the molecule is COc1cccc(-c2ccc(CNC3CCCC3C3COCCN3)cc2)c1.Cl. The van der Waals surface area contributed by atoms with Crippen LogP contribution in [0.15, 0.2) is 48.5 Å². The zero-order chi connectivity index (χ0) is 18.5. The van der Waals surface area contributed by atoms with Crippen LogP contribution in [0.1, 0.15) is 24.8 Å². The van der Waals surface area contributed by atoms with E-state index in [0.717, 1.165) is 32.1 Å². The predicted molar refractivity (Wildman–Crippen MR) is 116 cm³/mol. The van der Waals surface area contributed by atoms with Gasteiger partial charge in [0, 0.05) is 25.2 Å². The van der Waals surface area contributed by atoms with Gasteiger partial charge in [-0.25, -0.2) is 0 Å². The van der Waals surface area contributed by atoms with Gasteiger partial charge in [-0.3, -0.25) is 0 Å². The van der Waals surface area contributed by atoms with E-state index in [4.69, 9.17) is 9.47 Å². The first kappa shape index (κ1) is 21.1. The van der Waals surface area contributed by atoms with Crippen LogP contribution in [0.5, 0.6) is 5.75 Å². The third kappa shape index (κ3) is 5.06. The molecule has 0 spiro atoms. The van der Waals surface area contributed by atoms with Crippen LogP contribution in [0, 0.1) is 5.92 Å². The van der Waals surface area contributed by atoms with Crippen LogP contribution in [0.3, 0.4) is 0 Å². The lowest BCUT2D eigenvalue weighted by molar-refractivity contribution is 0.0524. The minimum absolute atomic E-state index is 0. The van der Waals surface area contributed by atoms with Crippen molar-refractivity contribution in [3.8, 4) is 16.9 Å². The molecule has 3 unspecified atom stereocenters. The van der Waals surface area contributed by atoms with E-state index in [1.54, 1.807) is 7.11 Å². The Morgan fingerprint density at radius 3 is 2.71 bits per heavy atom. The molecule has 1 saturated carbocycles. The maximum atomic E-state index is 5.68. The van der Waals surface area contributed by atoms with Gasteiger partial charge in [0.1, 0.15) is 5.75 Å².